The van der Waals surface area contributed by atoms with E-state index >= 15 is 0 Å². The number of nitrogens with zero attached hydrogens (tertiary/aromatic N) is 2. The Morgan fingerprint density at radius 3 is 2.44 bits per heavy atom. The first-order chi connectivity index (χ1) is 7.93. The summed E-state index contributed by atoms with van der Waals surface area (Å²) in [6.07, 6.45) is 0. The van der Waals surface area contributed by atoms with Gasteiger partial charge in [-0.15, -0.1) is 0 Å². The van der Waals surface area contributed by atoms with E-state index in [2.05, 4.69) is 6.58 Å². The second kappa shape index (κ2) is 6.88. The highest BCUT2D eigenvalue weighted by Gasteiger charge is 2.21. The van der Waals surface area contributed by atoms with E-state index in [4.69, 9.17) is 0 Å². The fourth-order valence-electron chi connectivity index (χ4n) is 1.47. The fraction of sp³-hybridized carbons (Fsp3) is 0.250. The lowest BCUT2D eigenvalue weighted by Crippen LogP contribution is -3.00. The third kappa shape index (κ3) is 3.94. The van der Waals surface area contributed by atoms with Gasteiger partial charge in [0.2, 0.25) is 0 Å². The predicted octanol–water partition coefficient (Wildman–Crippen LogP) is -1.10. The van der Waals surface area contributed by atoms with Crippen molar-refractivity contribution < 1.29 is 22.1 Å². The lowest BCUT2D eigenvalue weighted by atomic mass is 10.0. The number of para-hydroxylation sites is 1. The number of rotatable bonds is 5. The van der Waals surface area contributed by atoms with Gasteiger partial charge in [-0.25, -0.2) is 0 Å². The second-order valence-electron chi connectivity index (χ2n) is 3.94. The highest BCUT2D eigenvalue weighted by molar-refractivity contribution is 6.11. The molecule has 1 aromatic rings. The Morgan fingerprint density at radius 1 is 1.39 bits per heavy atom. The number of halogens is 1. The number of nitro benzene ring substituents is 1. The smallest absolute Gasteiger partial charge is 0.280 e. The van der Waals surface area contributed by atoms with Crippen LogP contribution >= 0.6 is 0 Å². The van der Waals surface area contributed by atoms with E-state index in [0.29, 0.717) is 12.1 Å². The first kappa shape index (κ1) is 16.3. The molecule has 5 nitrogen and oxygen atoms in total. The summed E-state index contributed by atoms with van der Waals surface area (Å²) < 4.78 is 0. The number of Topliss-reactive ketones (excluding diaryl/α,β-unsaturated/α-hetero) is 1. The van der Waals surface area contributed by atoms with Gasteiger partial charge in [0.05, 0.1) is 10.5 Å². The Kier molecular flexibility index (Phi) is 6.22. The van der Waals surface area contributed by atoms with Gasteiger partial charge in [0.25, 0.3) is 5.69 Å². The summed E-state index contributed by atoms with van der Waals surface area (Å²) in [5.41, 5.74) is 0.242. The van der Waals surface area contributed by atoms with E-state index in [1.165, 1.54) is 18.2 Å². The fourth-order valence-corrected chi connectivity index (χ4v) is 1.47. The van der Waals surface area contributed by atoms with Crippen LogP contribution in [0.15, 0.2) is 36.4 Å². The number of carbonyl (C=O) groups is 1. The van der Waals surface area contributed by atoms with Crippen LogP contribution in [0.25, 0.3) is 0 Å². The Labute approximate surface area is 112 Å². The molecular weight excluding hydrogens is 256 g/mol. The van der Waals surface area contributed by atoms with Crippen LogP contribution in [-0.4, -0.2) is 36.2 Å². The average Bonchev–Trinajstić information content (AvgIpc) is 2.27. The van der Waals surface area contributed by atoms with E-state index in [-0.39, 0.29) is 29.4 Å². The van der Waals surface area contributed by atoms with Crippen molar-refractivity contribution in [1.82, 2.24) is 4.90 Å². The number of hydrogen-bond donors (Lipinski definition) is 0. The van der Waals surface area contributed by atoms with E-state index in [1.54, 1.807) is 25.1 Å². The van der Waals surface area contributed by atoms with Crippen LogP contribution in [0.5, 0.6) is 0 Å². The quantitative estimate of drug-likeness (QED) is 0.295. The minimum Gasteiger partial charge on any atom is -1.00 e. The molecule has 0 aliphatic carbocycles. The van der Waals surface area contributed by atoms with E-state index < -0.39 is 4.92 Å². The van der Waals surface area contributed by atoms with Gasteiger partial charge in [0.15, 0.2) is 5.78 Å². The van der Waals surface area contributed by atoms with E-state index in [9.17, 15) is 14.9 Å². The van der Waals surface area contributed by atoms with Gasteiger partial charge < -0.3 is 17.3 Å². The summed E-state index contributed by atoms with van der Waals surface area (Å²) in [5.74, 6) is -0.383. The molecule has 1 rings (SSSR count). The molecule has 0 unspecified atom stereocenters. The van der Waals surface area contributed by atoms with Gasteiger partial charge in [-0.3, -0.25) is 14.9 Å². The summed E-state index contributed by atoms with van der Waals surface area (Å²) in [7, 11) is 3.61. The molecule has 0 aromatic heterocycles. The molecule has 98 valence electrons. The Hall–Kier alpha value is -1.72. The molecule has 0 atom stereocenters. The van der Waals surface area contributed by atoms with Gasteiger partial charge in [-0.05, 0) is 20.2 Å². The van der Waals surface area contributed by atoms with Crippen molar-refractivity contribution in [3.63, 3.8) is 0 Å². The van der Waals surface area contributed by atoms with Crippen LogP contribution < -0.4 is 12.4 Å². The maximum absolute atomic E-state index is 12.0. The Bertz CT molecular complexity index is 472. The van der Waals surface area contributed by atoms with Crippen LogP contribution in [0.4, 0.5) is 5.69 Å². The summed E-state index contributed by atoms with van der Waals surface area (Å²) >= 11 is 0. The minimum atomic E-state index is -0.559. The monoisotopic (exact) mass is 269 g/mol. The van der Waals surface area contributed by atoms with Gasteiger partial charge >= 0.3 is 0 Å². The first-order valence-corrected chi connectivity index (χ1v) is 5.04. The number of hydrogen-bond acceptors (Lipinski definition) is 4. The van der Waals surface area contributed by atoms with Crippen LogP contribution in [-0.2, 0) is 0 Å². The van der Waals surface area contributed by atoms with Crippen LogP contribution in [0.3, 0.4) is 0 Å². The molecule has 0 bridgehead atoms. The zero-order chi connectivity index (χ0) is 13.0. The zero-order valence-electron chi connectivity index (χ0n) is 10.2. The predicted molar refractivity (Wildman–Crippen MR) is 65.1 cm³/mol. The van der Waals surface area contributed by atoms with Crippen LogP contribution in [0.1, 0.15) is 10.4 Å². The third-order valence-corrected chi connectivity index (χ3v) is 2.17. The van der Waals surface area contributed by atoms with Gasteiger partial charge in [0.1, 0.15) is 0 Å². The van der Waals surface area contributed by atoms with Crippen molar-refractivity contribution >= 4 is 11.5 Å². The molecule has 6 heteroatoms. The normalized spacial score (nSPS) is 9.72. The Morgan fingerprint density at radius 2 is 1.94 bits per heavy atom. The standard InChI is InChI=1S/C12H14N2O3.ClH/c1-9(8-13(2)3)12(15)10-6-4-5-7-11(10)14(16)17;/h4-7H,1,8H2,2-3H3;1H/p-1. The Balaban J connectivity index is 0.00000289. The molecule has 0 heterocycles. The van der Waals surface area contributed by atoms with Crippen molar-refractivity contribution in [2.24, 2.45) is 0 Å². The molecular formula is C12H14ClN2O3-. The molecule has 0 aliphatic rings. The zero-order valence-corrected chi connectivity index (χ0v) is 11.0. The summed E-state index contributed by atoms with van der Waals surface area (Å²) in [6.45, 7) is 4.04. The molecule has 0 amide bonds. The van der Waals surface area contributed by atoms with Gasteiger partial charge in [-0.1, -0.05) is 18.7 Å². The van der Waals surface area contributed by atoms with Gasteiger partial charge in [-0.2, -0.15) is 0 Å². The van der Waals surface area contributed by atoms with E-state index in [1.807, 2.05) is 0 Å². The molecule has 0 radical (unpaired) electrons. The topological polar surface area (TPSA) is 63.5 Å². The van der Waals surface area contributed by atoms with E-state index in [0.717, 1.165) is 0 Å². The molecule has 1 aromatic carbocycles. The number of carbonyl (C=O) groups excluding carboxylic acids is 1. The average molecular weight is 270 g/mol. The summed E-state index contributed by atoms with van der Waals surface area (Å²) in [6, 6.07) is 5.89. The number of ketones is 1. The highest BCUT2D eigenvalue weighted by atomic mass is 35.5. The molecule has 0 N–H and O–H groups in total. The highest BCUT2D eigenvalue weighted by Crippen LogP contribution is 2.20. The molecule has 0 fully saturated rings. The lowest BCUT2D eigenvalue weighted by Gasteiger charge is -2.11. The van der Waals surface area contributed by atoms with Crippen LogP contribution in [0.2, 0.25) is 0 Å². The van der Waals surface area contributed by atoms with Crippen molar-refractivity contribution in [2.75, 3.05) is 20.6 Å². The second-order valence-corrected chi connectivity index (χ2v) is 3.94. The van der Waals surface area contributed by atoms with Crippen molar-refractivity contribution in [2.45, 2.75) is 0 Å². The van der Waals surface area contributed by atoms with Crippen molar-refractivity contribution in [3.05, 3.63) is 52.1 Å². The summed E-state index contributed by atoms with van der Waals surface area (Å²) in [4.78, 5) is 24.0. The van der Waals surface area contributed by atoms with Crippen LogP contribution in [0, 0.1) is 10.1 Å². The first-order valence-electron chi connectivity index (χ1n) is 5.04. The maximum atomic E-state index is 12.0. The number of nitro groups is 1. The maximum Gasteiger partial charge on any atom is 0.280 e. The third-order valence-electron chi connectivity index (χ3n) is 2.17. The number of likely N-dealkylation sites (N-methyl/N-ethyl adjacent to an activating group) is 1. The molecule has 0 aliphatic heterocycles. The molecule has 0 spiro atoms. The number of benzene rings is 1. The summed E-state index contributed by atoms with van der Waals surface area (Å²) in [5, 5.41) is 10.8. The molecule has 18 heavy (non-hydrogen) atoms. The van der Waals surface area contributed by atoms with Crippen molar-refractivity contribution in [3.8, 4) is 0 Å². The SMILES string of the molecule is C=C(CN(C)C)C(=O)c1ccccc1[N+](=O)[O-].[Cl-]. The molecule has 0 saturated carbocycles. The largest absolute Gasteiger partial charge is 1.00 e. The van der Waals surface area contributed by atoms with Crippen molar-refractivity contribution in [1.29, 1.82) is 0 Å². The molecule has 0 saturated heterocycles. The van der Waals surface area contributed by atoms with Gasteiger partial charge in [0, 0.05) is 18.2 Å². The lowest BCUT2D eigenvalue weighted by molar-refractivity contribution is -0.385. The minimum absolute atomic E-state index is 0.